The van der Waals surface area contributed by atoms with E-state index in [9.17, 15) is 5.11 Å². The van der Waals surface area contributed by atoms with E-state index in [-0.39, 0.29) is 0 Å². The van der Waals surface area contributed by atoms with Crippen LogP contribution in [-0.2, 0) is 12.0 Å². The van der Waals surface area contributed by atoms with Crippen molar-refractivity contribution in [2.75, 3.05) is 0 Å². The van der Waals surface area contributed by atoms with E-state index in [1.807, 2.05) is 6.07 Å². The molecule has 1 N–H and O–H groups in total. The van der Waals surface area contributed by atoms with E-state index in [2.05, 4.69) is 25.1 Å². The Morgan fingerprint density at radius 2 is 1.80 bits per heavy atom. The predicted octanol–water partition coefficient (Wildman–Crippen LogP) is 3.40. The van der Waals surface area contributed by atoms with Crippen LogP contribution in [0.15, 0.2) is 24.3 Å². The standard InChI is InChI=1S/C14H20O/c1-2-12-8-4-5-9-13(12)14(15)10-6-3-7-11-14/h4-5,8-9,15H,2-3,6-7,10-11H2,1H3. The summed E-state index contributed by atoms with van der Waals surface area (Å²) < 4.78 is 0. The van der Waals surface area contributed by atoms with Crippen LogP contribution < -0.4 is 0 Å². The summed E-state index contributed by atoms with van der Waals surface area (Å²) in [6, 6.07) is 8.35. The first-order valence-corrected chi connectivity index (χ1v) is 6.07. The highest BCUT2D eigenvalue weighted by molar-refractivity contribution is 5.32. The molecule has 1 aromatic carbocycles. The first kappa shape index (κ1) is 10.7. The Hall–Kier alpha value is -0.820. The van der Waals surface area contributed by atoms with Gasteiger partial charge in [-0.05, 0) is 30.4 Å². The van der Waals surface area contributed by atoms with Crippen molar-refractivity contribution in [3.8, 4) is 0 Å². The first-order chi connectivity index (χ1) is 7.26. The van der Waals surface area contributed by atoms with Gasteiger partial charge in [-0.1, -0.05) is 50.5 Å². The largest absolute Gasteiger partial charge is 0.385 e. The summed E-state index contributed by atoms with van der Waals surface area (Å²) in [4.78, 5) is 0. The van der Waals surface area contributed by atoms with E-state index in [4.69, 9.17) is 0 Å². The minimum atomic E-state index is -0.537. The zero-order valence-corrected chi connectivity index (χ0v) is 9.50. The summed E-state index contributed by atoms with van der Waals surface area (Å²) in [7, 11) is 0. The fourth-order valence-corrected chi connectivity index (χ4v) is 2.69. The second-order valence-corrected chi connectivity index (χ2v) is 4.60. The zero-order valence-electron chi connectivity index (χ0n) is 9.50. The Morgan fingerprint density at radius 1 is 1.13 bits per heavy atom. The third-order valence-electron chi connectivity index (χ3n) is 3.58. The summed E-state index contributed by atoms with van der Waals surface area (Å²) in [5.41, 5.74) is 1.94. The lowest BCUT2D eigenvalue weighted by atomic mass is 9.77. The summed E-state index contributed by atoms with van der Waals surface area (Å²) in [6.45, 7) is 2.16. The van der Waals surface area contributed by atoms with Crippen LogP contribution in [0.1, 0.15) is 50.2 Å². The Balaban J connectivity index is 2.34. The van der Waals surface area contributed by atoms with Gasteiger partial charge in [-0.3, -0.25) is 0 Å². The Kier molecular flexibility index (Phi) is 3.11. The maximum atomic E-state index is 10.7. The molecule has 82 valence electrons. The van der Waals surface area contributed by atoms with Crippen molar-refractivity contribution in [2.24, 2.45) is 0 Å². The first-order valence-electron chi connectivity index (χ1n) is 6.07. The van der Waals surface area contributed by atoms with Gasteiger partial charge in [0.05, 0.1) is 5.60 Å². The van der Waals surface area contributed by atoms with Gasteiger partial charge in [0.2, 0.25) is 0 Å². The van der Waals surface area contributed by atoms with E-state index >= 15 is 0 Å². The molecular weight excluding hydrogens is 184 g/mol. The van der Waals surface area contributed by atoms with Crippen LogP contribution in [0.3, 0.4) is 0 Å². The second kappa shape index (κ2) is 4.36. The molecule has 0 aliphatic heterocycles. The number of benzene rings is 1. The smallest absolute Gasteiger partial charge is 0.0899 e. The van der Waals surface area contributed by atoms with Gasteiger partial charge in [-0.25, -0.2) is 0 Å². The molecule has 1 saturated carbocycles. The van der Waals surface area contributed by atoms with Crippen LogP contribution in [0.5, 0.6) is 0 Å². The molecule has 1 heteroatoms. The Bertz CT molecular complexity index is 324. The van der Waals surface area contributed by atoms with Gasteiger partial charge in [0.1, 0.15) is 0 Å². The molecule has 0 spiro atoms. The summed E-state index contributed by atoms with van der Waals surface area (Å²) in [5.74, 6) is 0. The molecule has 1 aromatic rings. The lowest BCUT2D eigenvalue weighted by Crippen LogP contribution is -2.29. The topological polar surface area (TPSA) is 20.2 Å². The molecule has 0 radical (unpaired) electrons. The lowest BCUT2D eigenvalue weighted by Gasteiger charge is -2.34. The van der Waals surface area contributed by atoms with Crippen molar-refractivity contribution in [2.45, 2.75) is 51.0 Å². The molecule has 1 aliphatic carbocycles. The van der Waals surface area contributed by atoms with Crippen molar-refractivity contribution >= 4 is 0 Å². The number of hydrogen-bond acceptors (Lipinski definition) is 1. The van der Waals surface area contributed by atoms with Crippen molar-refractivity contribution in [3.05, 3.63) is 35.4 Å². The molecule has 0 bridgehead atoms. The van der Waals surface area contributed by atoms with Crippen LogP contribution in [-0.4, -0.2) is 5.11 Å². The van der Waals surface area contributed by atoms with Crippen molar-refractivity contribution in [1.82, 2.24) is 0 Å². The minimum Gasteiger partial charge on any atom is -0.385 e. The average Bonchev–Trinajstić information content (AvgIpc) is 2.30. The van der Waals surface area contributed by atoms with E-state index < -0.39 is 5.60 Å². The third kappa shape index (κ3) is 2.07. The molecular formula is C14H20O. The molecule has 0 unspecified atom stereocenters. The number of rotatable bonds is 2. The van der Waals surface area contributed by atoms with Crippen molar-refractivity contribution in [3.63, 3.8) is 0 Å². The van der Waals surface area contributed by atoms with Crippen LogP contribution in [0.4, 0.5) is 0 Å². The Morgan fingerprint density at radius 3 is 2.47 bits per heavy atom. The minimum absolute atomic E-state index is 0.537. The van der Waals surface area contributed by atoms with Gasteiger partial charge in [-0.15, -0.1) is 0 Å². The summed E-state index contributed by atoms with van der Waals surface area (Å²) >= 11 is 0. The highest BCUT2D eigenvalue weighted by Crippen LogP contribution is 2.38. The van der Waals surface area contributed by atoms with Crippen LogP contribution >= 0.6 is 0 Å². The maximum absolute atomic E-state index is 10.7. The normalized spacial score (nSPS) is 20.1. The third-order valence-corrected chi connectivity index (χ3v) is 3.58. The predicted molar refractivity (Wildman–Crippen MR) is 62.8 cm³/mol. The van der Waals surface area contributed by atoms with E-state index in [0.717, 1.165) is 32.1 Å². The van der Waals surface area contributed by atoms with Gasteiger partial charge in [0.25, 0.3) is 0 Å². The van der Waals surface area contributed by atoms with Crippen LogP contribution in [0, 0.1) is 0 Å². The molecule has 0 atom stereocenters. The lowest BCUT2D eigenvalue weighted by molar-refractivity contribution is -0.00137. The molecule has 1 nitrogen and oxygen atoms in total. The van der Waals surface area contributed by atoms with Crippen molar-refractivity contribution in [1.29, 1.82) is 0 Å². The quantitative estimate of drug-likeness (QED) is 0.782. The van der Waals surface area contributed by atoms with Crippen molar-refractivity contribution < 1.29 is 5.11 Å². The van der Waals surface area contributed by atoms with E-state index in [1.54, 1.807) is 0 Å². The van der Waals surface area contributed by atoms with Crippen LogP contribution in [0.2, 0.25) is 0 Å². The fraction of sp³-hybridized carbons (Fsp3) is 0.571. The summed E-state index contributed by atoms with van der Waals surface area (Å²) in [6.07, 6.45) is 6.48. The number of hydrogen-bond donors (Lipinski definition) is 1. The van der Waals surface area contributed by atoms with E-state index in [1.165, 1.54) is 17.5 Å². The molecule has 0 heterocycles. The summed E-state index contributed by atoms with van der Waals surface area (Å²) in [5, 5.41) is 10.7. The van der Waals surface area contributed by atoms with Gasteiger partial charge < -0.3 is 5.11 Å². The average molecular weight is 204 g/mol. The van der Waals surface area contributed by atoms with Crippen LogP contribution in [0.25, 0.3) is 0 Å². The van der Waals surface area contributed by atoms with Gasteiger partial charge in [0.15, 0.2) is 0 Å². The molecule has 0 aromatic heterocycles. The molecule has 0 amide bonds. The van der Waals surface area contributed by atoms with Gasteiger partial charge >= 0.3 is 0 Å². The second-order valence-electron chi connectivity index (χ2n) is 4.60. The van der Waals surface area contributed by atoms with Gasteiger partial charge in [-0.2, -0.15) is 0 Å². The monoisotopic (exact) mass is 204 g/mol. The fourth-order valence-electron chi connectivity index (χ4n) is 2.69. The SMILES string of the molecule is CCc1ccccc1C1(O)CCCCC1. The highest BCUT2D eigenvalue weighted by atomic mass is 16.3. The Labute approximate surface area is 92.1 Å². The van der Waals surface area contributed by atoms with Gasteiger partial charge in [0, 0.05) is 0 Å². The molecule has 0 saturated heterocycles. The molecule has 1 fully saturated rings. The van der Waals surface area contributed by atoms with E-state index in [0.29, 0.717) is 0 Å². The molecule has 2 rings (SSSR count). The molecule has 1 aliphatic rings. The number of aryl methyl sites for hydroxylation is 1. The zero-order chi connectivity index (χ0) is 10.7. The highest BCUT2D eigenvalue weighted by Gasteiger charge is 2.32. The number of aliphatic hydroxyl groups is 1. The maximum Gasteiger partial charge on any atom is 0.0899 e. The molecule has 15 heavy (non-hydrogen) atoms.